The molecule has 1 N–H and O–H groups in total. The van der Waals surface area contributed by atoms with Crippen LogP contribution in [-0.4, -0.2) is 29.4 Å². The number of hydrogen-bond donors (Lipinski definition) is 1. The maximum absolute atomic E-state index is 12.5. The van der Waals surface area contributed by atoms with Gasteiger partial charge in [-0.05, 0) is 57.2 Å². The van der Waals surface area contributed by atoms with Crippen LogP contribution >= 0.6 is 0 Å². The molecule has 2 heterocycles. The smallest absolute Gasteiger partial charge is 0.230 e. The van der Waals surface area contributed by atoms with Crippen LogP contribution in [0.3, 0.4) is 0 Å². The number of anilines is 2. The van der Waals surface area contributed by atoms with Crippen LogP contribution in [0, 0.1) is 12.8 Å². The van der Waals surface area contributed by atoms with Crippen molar-refractivity contribution in [1.82, 2.24) is 4.98 Å². The highest BCUT2D eigenvalue weighted by Crippen LogP contribution is 2.27. The van der Waals surface area contributed by atoms with E-state index in [0.717, 1.165) is 17.1 Å². The van der Waals surface area contributed by atoms with Crippen molar-refractivity contribution in [3.63, 3.8) is 0 Å². The second-order valence-electron chi connectivity index (χ2n) is 6.72. The lowest BCUT2D eigenvalue weighted by molar-refractivity contribution is -0.122. The molecule has 0 spiro atoms. The lowest BCUT2D eigenvalue weighted by Gasteiger charge is -2.18. The number of rotatable bonds is 5. The van der Waals surface area contributed by atoms with Gasteiger partial charge in [0.25, 0.3) is 0 Å². The molecule has 26 heavy (non-hydrogen) atoms. The molecule has 3 rings (SSSR count). The van der Waals surface area contributed by atoms with E-state index in [0.29, 0.717) is 12.4 Å². The molecule has 1 aromatic carbocycles. The topological polar surface area (TPSA) is 71.5 Å². The van der Waals surface area contributed by atoms with E-state index in [-0.39, 0.29) is 24.3 Å². The number of amides is 2. The lowest BCUT2D eigenvalue weighted by Crippen LogP contribution is -2.28. The molecule has 1 fully saturated rings. The summed E-state index contributed by atoms with van der Waals surface area (Å²) in [6.45, 7) is 6.15. The predicted octanol–water partition coefficient (Wildman–Crippen LogP) is 3.17. The Labute approximate surface area is 153 Å². The molecule has 0 aliphatic carbocycles. The maximum atomic E-state index is 12.5. The van der Waals surface area contributed by atoms with Crippen molar-refractivity contribution >= 4 is 23.3 Å². The van der Waals surface area contributed by atoms with Crippen LogP contribution in [-0.2, 0) is 9.59 Å². The van der Waals surface area contributed by atoms with E-state index in [4.69, 9.17) is 4.74 Å². The third kappa shape index (κ3) is 4.20. The van der Waals surface area contributed by atoms with Gasteiger partial charge in [0, 0.05) is 24.3 Å². The number of hydrogen-bond acceptors (Lipinski definition) is 4. The lowest BCUT2D eigenvalue weighted by atomic mass is 10.1. The fraction of sp³-hybridized carbons (Fsp3) is 0.350. The number of benzene rings is 1. The Morgan fingerprint density at radius 2 is 1.96 bits per heavy atom. The Bertz CT molecular complexity index is 802. The monoisotopic (exact) mass is 353 g/mol. The van der Waals surface area contributed by atoms with Gasteiger partial charge < -0.3 is 15.0 Å². The Kier molecular flexibility index (Phi) is 5.21. The zero-order chi connectivity index (χ0) is 18.7. The molecular formula is C20H23N3O3. The average molecular weight is 353 g/mol. The Hall–Kier alpha value is -2.89. The Morgan fingerprint density at radius 1 is 1.23 bits per heavy atom. The quantitative estimate of drug-likeness (QED) is 0.896. The zero-order valence-corrected chi connectivity index (χ0v) is 15.2. The van der Waals surface area contributed by atoms with E-state index in [1.807, 2.05) is 57.2 Å². The minimum Gasteiger partial charge on any atom is -0.491 e. The highest BCUT2D eigenvalue weighted by atomic mass is 16.5. The summed E-state index contributed by atoms with van der Waals surface area (Å²) in [6, 6.07) is 12.8. The Morgan fingerprint density at radius 3 is 2.62 bits per heavy atom. The van der Waals surface area contributed by atoms with Crippen molar-refractivity contribution < 1.29 is 14.3 Å². The van der Waals surface area contributed by atoms with Crippen LogP contribution in [0.5, 0.6) is 5.75 Å². The van der Waals surface area contributed by atoms with Gasteiger partial charge in [-0.25, -0.2) is 4.98 Å². The van der Waals surface area contributed by atoms with E-state index in [1.54, 1.807) is 11.0 Å². The van der Waals surface area contributed by atoms with Gasteiger partial charge in [0.05, 0.1) is 12.0 Å². The number of nitrogens with zero attached hydrogens (tertiary/aromatic N) is 2. The second kappa shape index (κ2) is 7.56. The first-order valence-corrected chi connectivity index (χ1v) is 8.74. The molecule has 1 aliphatic rings. The van der Waals surface area contributed by atoms with Crippen LogP contribution < -0.4 is 15.0 Å². The maximum Gasteiger partial charge on any atom is 0.230 e. The van der Waals surface area contributed by atoms with Gasteiger partial charge >= 0.3 is 0 Å². The molecule has 136 valence electrons. The molecule has 2 amide bonds. The normalized spacial score (nSPS) is 16.8. The van der Waals surface area contributed by atoms with Gasteiger partial charge in [0.1, 0.15) is 11.6 Å². The van der Waals surface area contributed by atoms with Crippen LogP contribution in [0.15, 0.2) is 42.5 Å². The van der Waals surface area contributed by atoms with Crippen LogP contribution in [0.25, 0.3) is 0 Å². The average Bonchev–Trinajstić information content (AvgIpc) is 2.97. The second-order valence-corrected chi connectivity index (χ2v) is 6.72. The third-order valence-corrected chi connectivity index (χ3v) is 4.16. The van der Waals surface area contributed by atoms with Gasteiger partial charge in [-0.2, -0.15) is 0 Å². The molecule has 1 aromatic heterocycles. The summed E-state index contributed by atoms with van der Waals surface area (Å²) in [7, 11) is 0. The van der Waals surface area contributed by atoms with Crippen molar-refractivity contribution in [3.05, 3.63) is 48.2 Å². The first kappa shape index (κ1) is 17.9. The van der Waals surface area contributed by atoms with Crippen molar-refractivity contribution in [2.75, 3.05) is 16.8 Å². The molecule has 1 aliphatic heterocycles. The largest absolute Gasteiger partial charge is 0.491 e. The summed E-state index contributed by atoms with van der Waals surface area (Å²) < 4.78 is 5.62. The molecule has 0 unspecified atom stereocenters. The van der Waals surface area contributed by atoms with Crippen molar-refractivity contribution in [2.45, 2.75) is 33.3 Å². The van der Waals surface area contributed by atoms with Gasteiger partial charge in [-0.3, -0.25) is 9.59 Å². The number of carbonyl (C=O) groups excluding carboxylic acids is 2. The van der Waals surface area contributed by atoms with Crippen LogP contribution in [0.4, 0.5) is 11.5 Å². The summed E-state index contributed by atoms with van der Waals surface area (Å²) in [5.41, 5.74) is 1.60. The van der Waals surface area contributed by atoms with Crippen LogP contribution in [0.1, 0.15) is 26.0 Å². The van der Waals surface area contributed by atoms with Gasteiger partial charge in [-0.15, -0.1) is 0 Å². The highest BCUT2D eigenvalue weighted by Gasteiger charge is 2.35. The SMILES string of the molecule is Cc1cccc(NC(=O)[C@@H]2CC(=O)N(c3ccc(OC(C)C)cc3)C2)n1. The third-order valence-electron chi connectivity index (χ3n) is 4.16. The fourth-order valence-corrected chi connectivity index (χ4v) is 2.95. The number of ether oxygens (including phenoxy) is 1. The molecule has 1 atom stereocenters. The van der Waals surface area contributed by atoms with E-state index >= 15 is 0 Å². The van der Waals surface area contributed by atoms with Crippen molar-refractivity contribution in [3.8, 4) is 5.75 Å². The first-order chi connectivity index (χ1) is 12.4. The molecule has 2 aromatic rings. The molecule has 0 bridgehead atoms. The van der Waals surface area contributed by atoms with Crippen molar-refractivity contribution in [1.29, 1.82) is 0 Å². The molecule has 0 radical (unpaired) electrons. The van der Waals surface area contributed by atoms with Crippen LogP contribution in [0.2, 0.25) is 0 Å². The molecule has 6 heteroatoms. The van der Waals surface area contributed by atoms with Gasteiger partial charge in [0.2, 0.25) is 11.8 Å². The molecule has 1 saturated heterocycles. The number of nitrogens with one attached hydrogen (secondary N) is 1. The summed E-state index contributed by atoms with van der Waals surface area (Å²) in [5, 5.41) is 2.80. The summed E-state index contributed by atoms with van der Waals surface area (Å²) in [4.78, 5) is 30.7. The summed E-state index contributed by atoms with van der Waals surface area (Å²) >= 11 is 0. The van der Waals surface area contributed by atoms with E-state index in [9.17, 15) is 9.59 Å². The summed E-state index contributed by atoms with van der Waals surface area (Å²) in [5.74, 6) is 0.640. The number of pyridine rings is 1. The number of aryl methyl sites for hydroxylation is 1. The zero-order valence-electron chi connectivity index (χ0n) is 15.2. The predicted molar refractivity (Wildman–Crippen MR) is 100 cm³/mol. The number of aromatic nitrogens is 1. The van der Waals surface area contributed by atoms with E-state index < -0.39 is 5.92 Å². The minimum atomic E-state index is -0.392. The fourth-order valence-electron chi connectivity index (χ4n) is 2.95. The molecule has 6 nitrogen and oxygen atoms in total. The van der Waals surface area contributed by atoms with Crippen molar-refractivity contribution in [2.24, 2.45) is 5.92 Å². The van der Waals surface area contributed by atoms with Gasteiger partial charge in [0.15, 0.2) is 0 Å². The summed E-state index contributed by atoms with van der Waals surface area (Å²) in [6.07, 6.45) is 0.291. The van der Waals surface area contributed by atoms with E-state index in [2.05, 4.69) is 10.3 Å². The first-order valence-electron chi connectivity index (χ1n) is 8.74. The van der Waals surface area contributed by atoms with E-state index in [1.165, 1.54) is 0 Å². The molecular weight excluding hydrogens is 330 g/mol. The standard InChI is InChI=1S/C20H23N3O3/c1-13(2)26-17-9-7-16(8-10-17)23-12-15(11-19(23)24)20(25)22-18-6-4-5-14(3)21-18/h4-10,13,15H,11-12H2,1-3H3,(H,21,22,25)/t15-/m1/s1. The highest BCUT2D eigenvalue weighted by molar-refractivity contribution is 6.03. The molecule has 0 saturated carbocycles. The minimum absolute atomic E-state index is 0.0557. The Balaban J connectivity index is 1.65. The number of carbonyl (C=O) groups is 2. The van der Waals surface area contributed by atoms with Gasteiger partial charge in [-0.1, -0.05) is 6.07 Å².